The number of halogens is 2. The van der Waals surface area contributed by atoms with Gasteiger partial charge in [0.05, 0.1) is 0 Å². The van der Waals surface area contributed by atoms with Crippen molar-refractivity contribution in [3.8, 4) is 0 Å². The molecule has 0 aliphatic heterocycles. The molecule has 142 valence electrons. The van der Waals surface area contributed by atoms with Crippen molar-refractivity contribution in [1.29, 1.82) is 0 Å². The van der Waals surface area contributed by atoms with Gasteiger partial charge in [-0.05, 0) is 38.9 Å². The van der Waals surface area contributed by atoms with Gasteiger partial charge >= 0.3 is 35.6 Å². The van der Waals surface area contributed by atoms with Crippen LogP contribution in [0.25, 0.3) is 5.32 Å². The quantitative estimate of drug-likeness (QED) is 0.306. The normalized spacial score (nSPS) is 10.7. The molecule has 0 aliphatic rings. The third kappa shape index (κ3) is 6.97. The summed E-state index contributed by atoms with van der Waals surface area (Å²) in [7, 11) is 9.78. The first-order chi connectivity index (χ1) is 12.6. The summed E-state index contributed by atoms with van der Waals surface area (Å²) < 4.78 is 0. The van der Waals surface area contributed by atoms with Crippen LogP contribution in [0.5, 0.6) is 0 Å². The van der Waals surface area contributed by atoms with Crippen molar-refractivity contribution in [2.24, 2.45) is 0 Å². The first-order valence-electron chi connectivity index (χ1n) is 8.27. The number of nitrogens with zero attached hydrogens (tertiary/aromatic N) is 2. The molecule has 3 rings (SSSR count). The molecule has 2 nitrogen and oxygen atoms in total. The molecule has 0 fully saturated rings. The van der Waals surface area contributed by atoms with E-state index in [9.17, 15) is 0 Å². The summed E-state index contributed by atoms with van der Waals surface area (Å²) >= 11 is -0.556. The van der Waals surface area contributed by atoms with E-state index in [1.54, 1.807) is 0 Å². The van der Waals surface area contributed by atoms with Gasteiger partial charge in [0.25, 0.3) is 0 Å². The third-order valence-electron chi connectivity index (χ3n) is 3.98. The molecule has 0 amide bonds. The SMILES string of the molecule is Cc1cc(C)c([N-]C(c2ccccc2)c2ccccn2)c(C)c1.[CH3-].[Cl][Ti][Cl]. The Morgan fingerprint density at radius 2 is 1.44 bits per heavy atom. The van der Waals surface area contributed by atoms with E-state index in [0.29, 0.717) is 0 Å². The molecule has 0 saturated carbocycles. The minimum absolute atomic E-state index is 0. The van der Waals surface area contributed by atoms with Crippen LogP contribution >= 0.6 is 18.6 Å². The van der Waals surface area contributed by atoms with E-state index in [2.05, 4.69) is 62.2 Å². The molecule has 0 saturated heterocycles. The molecule has 0 radical (unpaired) electrons. The van der Waals surface area contributed by atoms with Gasteiger partial charge in [-0.1, -0.05) is 70.8 Å². The summed E-state index contributed by atoms with van der Waals surface area (Å²) in [5, 5.41) is 5.08. The molecule has 3 aromatic rings. The molecular weight excluding hydrogens is 411 g/mol. The zero-order chi connectivity index (χ0) is 18.9. The molecule has 0 aliphatic carbocycles. The van der Waals surface area contributed by atoms with Gasteiger partial charge in [0, 0.05) is 11.9 Å². The Bertz CT molecular complexity index is 749. The number of hydrogen-bond donors (Lipinski definition) is 0. The number of aryl methyl sites for hydroxylation is 3. The summed E-state index contributed by atoms with van der Waals surface area (Å²) in [6.07, 6.45) is 1.83. The van der Waals surface area contributed by atoms with E-state index in [4.69, 9.17) is 23.9 Å². The van der Waals surface area contributed by atoms with E-state index in [1.165, 1.54) is 16.7 Å². The zero-order valence-electron chi connectivity index (χ0n) is 16.1. The second kappa shape index (κ2) is 12.2. The number of hydrogen-bond acceptors (Lipinski definition) is 1. The van der Waals surface area contributed by atoms with Crippen LogP contribution < -0.4 is 0 Å². The van der Waals surface area contributed by atoms with Crippen molar-refractivity contribution in [2.45, 2.75) is 26.8 Å². The van der Waals surface area contributed by atoms with E-state index >= 15 is 0 Å². The van der Waals surface area contributed by atoms with Gasteiger partial charge in [-0.25, -0.2) is 0 Å². The van der Waals surface area contributed by atoms with Crippen molar-refractivity contribution in [3.63, 3.8) is 0 Å². The van der Waals surface area contributed by atoms with Crippen LogP contribution in [0.4, 0.5) is 5.69 Å². The van der Waals surface area contributed by atoms with Crippen molar-refractivity contribution in [3.05, 3.63) is 108 Å². The van der Waals surface area contributed by atoms with Gasteiger partial charge in [0.2, 0.25) is 0 Å². The number of rotatable bonds is 4. The van der Waals surface area contributed by atoms with Gasteiger partial charge in [0.1, 0.15) is 0 Å². The first-order valence-corrected chi connectivity index (χ1v) is 12.6. The molecule has 5 heteroatoms. The van der Waals surface area contributed by atoms with E-state index in [1.807, 2.05) is 30.5 Å². The fraction of sp³-hybridized carbons (Fsp3) is 0.182. The Morgan fingerprint density at radius 1 is 0.889 bits per heavy atom. The van der Waals surface area contributed by atoms with E-state index in [0.717, 1.165) is 16.9 Å². The van der Waals surface area contributed by atoms with Gasteiger partial charge in [-0.15, -0.1) is 5.69 Å². The van der Waals surface area contributed by atoms with Gasteiger partial charge in [0.15, 0.2) is 0 Å². The average molecular weight is 435 g/mol. The van der Waals surface area contributed by atoms with Gasteiger partial charge < -0.3 is 12.7 Å². The Labute approximate surface area is 180 Å². The molecule has 0 bridgehead atoms. The predicted octanol–water partition coefficient (Wildman–Crippen LogP) is 7.63. The molecule has 1 unspecified atom stereocenters. The average Bonchev–Trinajstić information content (AvgIpc) is 2.63. The maximum absolute atomic E-state index is 5.08. The van der Waals surface area contributed by atoms with E-state index < -0.39 is 17.0 Å². The number of benzene rings is 2. The van der Waals surface area contributed by atoms with E-state index in [-0.39, 0.29) is 13.5 Å². The Kier molecular flexibility index (Phi) is 10.7. The molecule has 1 heterocycles. The van der Waals surface area contributed by atoms with Crippen molar-refractivity contribution in [1.82, 2.24) is 4.98 Å². The number of pyridine rings is 1. The Balaban J connectivity index is 0.000000855. The van der Waals surface area contributed by atoms with Crippen LogP contribution in [0.15, 0.2) is 66.9 Å². The van der Waals surface area contributed by atoms with Crippen LogP contribution in [0, 0.1) is 28.2 Å². The molecule has 2 aromatic carbocycles. The summed E-state index contributed by atoms with van der Waals surface area (Å²) in [5.41, 5.74) is 6.88. The minimum atomic E-state index is -0.556. The van der Waals surface area contributed by atoms with Crippen LogP contribution in [0.1, 0.15) is 34.0 Å². The van der Waals surface area contributed by atoms with Crippen molar-refractivity contribution < 1.29 is 17.0 Å². The first kappa shape index (κ1) is 23.7. The molecule has 0 N–H and O–H groups in total. The topological polar surface area (TPSA) is 27.0 Å². The summed E-state index contributed by atoms with van der Waals surface area (Å²) in [6, 6.07) is 20.6. The fourth-order valence-electron chi connectivity index (χ4n) is 2.99. The summed E-state index contributed by atoms with van der Waals surface area (Å²) in [4.78, 5) is 4.53. The second-order valence-corrected chi connectivity index (χ2v) is 8.59. The standard InChI is InChI=1S/C21H21N2.CH3.2ClH.Ti/c1-15-13-16(2)20(17(3)14-15)23-21(18-9-5-4-6-10-18)19-11-7-8-12-22-19;;;;/h4-14,21H,1-3H3;1H3;2*1H;/q2*-1;;;+2/p-2. The predicted molar refractivity (Wildman–Crippen MR) is 114 cm³/mol. The van der Waals surface area contributed by atoms with Crippen LogP contribution in [-0.4, -0.2) is 4.98 Å². The second-order valence-electron chi connectivity index (χ2n) is 6.02. The monoisotopic (exact) mass is 434 g/mol. The zero-order valence-corrected chi connectivity index (χ0v) is 19.2. The summed E-state index contributed by atoms with van der Waals surface area (Å²) in [5.74, 6) is 0. The number of aromatic nitrogens is 1. The third-order valence-corrected chi connectivity index (χ3v) is 3.98. The van der Waals surface area contributed by atoms with Gasteiger partial charge in [-0.2, -0.15) is 0 Å². The maximum atomic E-state index is 5.08. The fourth-order valence-corrected chi connectivity index (χ4v) is 2.99. The van der Waals surface area contributed by atoms with Crippen LogP contribution in [-0.2, 0) is 17.0 Å². The Morgan fingerprint density at radius 3 is 1.96 bits per heavy atom. The molecule has 0 spiro atoms. The summed E-state index contributed by atoms with van der Waals surface area (Å²) in [6.45, 7) is 6.37. The van der Waals surface area contributed by atoms with Gasteiger partial charge in [-0.3, -0.25) is 4.98 Å². The molecule has 1 aromatic heterocycles. The Hall–Kier alpha value is -1.32. The van der Waals surface area contributed by atoms with Crippen molar-refractivity contribution in [2.75, 3.05) is 0 Å². The van der Waals surface area contributed by atoms with Crippen molar-refractivity contribution >= 4 is 24.3 Å². The van der Waals surface area contributed by atoms with Crippen LogP contribution in [0.2, 0.25) is 0 Å². The molecule has 1 atom stereocenters. The molecule has 27 heavy (non-hydrogen) atoms. The molecular formula is C22H24Cl2N2Ti-2. The van der Waals surface area contributed by atoms with Crippen LogP contribution in [0.3, 0.4) is 0 Å².